The SMILES string of the molecule is COC(=O)CCN(C)S(=O)(=O)Nc1ccc(O)cc1C. The van der Waals surface area contributed by atoms with Crippen molar-refractivity contribution >= 4 is 21.9 Å². The molecule has 0 aliphatic heterocycles. The first-order valence-corrected chi connectivity index (χ1v) is 7.31. The molecule has 0 aromatic heterocycles. The molecular weight excluding hydrogens is 284 g/mol. The van der Waals surface area contributed by atoms with E-state index < -0.39 is 16.2 Å². The van der Waals surface area contributed by atoms with Crippen molar-refractivity contribution in [2.45, 2.75) is 13.3 Å². The Morgan fingerprint density at radius 3 is 2.65 bits per heavy atom. The summed E-state index contributed by atoms with van der Waals surface area (Å²) in [6.07, 6.45) is -0.0253. The highest BCUT2D eigenvalue weighted by molar-refractivity contribution is 7.90. The van der Waals surface area contributed by atoms with Crippen LogP contribution in [0.1, 0.15) is 12.0 Å². The minimum Gasteiger partial charge on any atom is -0.508 e. The first-order chi connectivity index (χ1) is 9.26. The van der Waals surface area contributed by atoms with E-state index >= 15 is 0 Å². The van der Waals surface area contributed by atoms with Gasteiger partial charge >= 0.3 is 16.2 Å². The van der Waals surface area contributed by atoms with Crippen LogP contribution in [0.3, 0.4) is 0 Å². The van der Waals surface area contributed by atoms with Crippen molar-refractivity contribution < 1.29 is 23.1 Å². The average molecular weight is 302 g/mol. The molecule has 0 aliphatic rings. The molecule has 1 rings (SSSR count). The van der Waals surface area contributed by atoms with Gasteiger partial charge in [-0.2, -0.15) is 12.7 Å². The number of esters is 1. The van der Waals surface area contributed by atoms with E-state index in [1.165, 1.54) is 32.4 Å². The molecule has 112 valence electrons. The Kier molecular flexibility index (Phi) is 5.34. The number of ether oxygens (including phenoxy) is 1. The van der Waals surface area contributed by atoms with E-state index in [9.17, 15) is 18.3 Å². The molecule has 0 aliphatic carbocycles. The van der Waals surface area contributed by atoms with E-state index in [0.717, 1.165) is 4.31 Å². The van der Waals surface area contributed by atoms with Crippen molar-refractivity contribution in [1.82, 2.24) is 4.31 Å². The smallest absolute Gasteiger partial charge is 0.306 e. The fourth-order valence-electron chi connectivity index (χ4n) is 1.45. The summed E-state index contributed by atoms with van der Waals surface area (Å²) in [6.45, 7) is 1.69. The van der Waals surface area contributed by atoms with Crippen LogP contribution in [-0.4, -0.2) is 44.5 Å². The molecule has 0 heterocycles. The molecular formula is C12H18N2O5S. The van der Waals surface area contributed by atoms with Gasteiger partial charge in [0.05, 0.1) is 19.2 Å². The molecule has 0 atom stereocenters. The third-order valence-electron chi connectivity index (χ3n) is 2.72. The van der Waals surface area contributed by atoms with Gasteiger partial charge in [-0.05, 0) is 30.7 Å². The number of carbonyl (C=O) groups is 1. The van der Waals surface area contributed by atoms with Gasteiger partial charge in [0.15, 0.2) is 0 Å². The average Bonchev–Trinajstić information content (AvgIpc) is 2.38. The summed E-state index contributed by atoms with van der Waals surface area (Å²) < 4.78 is 31.9. The molecule has 8 heteroatoms. The zero-order valence-electron chi connectivity index (χ0n) is 11.6. The maximum atomic E-state index is 12.0. The summed E-state index contributed by atoms with van der Waals surface area (Å²) >= 11 is 0. The van der Waals surface area contributed by atoms with E-state index in [0.29, 0.717) is 11.3 Å². The third kappa shape index (κ3) is 4.39. The van der Waals surface area contributed by atoms with Gasteiger partial charge in [0.2, 0.25) is 0 Å². The number of carbonyl (C=O) groups excluding carboxylic acids is 1. The minimum absolute atomic E-state index is 0.0130. The Hall–Kier alpha value is -1.80. The number of benzene rings is 1. The topological polar surface area (TPSA) is 95.9 Å². The molecule has 0 spiro atoms. The molecule has 0 unspecified atom stereocenters. The molecule has 0 amide bonds. The number of aryl methyl sites for hydroxylation is 1. The standard InChI is InChI=1S/C12H18N2O5S/c1-9-8-10(15)4-5-11(9)13-20(17,18)14(2)7-6-12(16)19-3/h4-5,8,13,15H,6-7H2,1-3H3. The summed E-state index contributed by atoms with van der Waals surface area (Å²) in [6, 6.07) is 4.31. The van der Waals surface area contributed by atoms with Gasteiger partial charge in [-0.3, -0.25) is 9.52 Å². The first kappa shape index (κ1) is 16.3. The van der Waals surface area contributed by atoms with Crippen molar-refractivity contribution in [2.75, 3.05) is 25.4 Å². The molecule has 0 saturated carbocycles. The number of rotatable bonds is 6. The van der Waals surface area contributed by atoms with Crippen LogP contribution in [0, 0.1) is 6.92 Å². The molecule has 1 aromatic carbocycles. The summed E-state index contributed by atoms with van der Waals surface area (Å²) in [5, 5.41) is 9.28. The van der Waals surface area contributed by atoms with Crippen LogP contribution in [0.25, 0.3) is 0 Å². The van der Waals surface area contributed by atoms with Crippen LogP contribution in [-0.2, 0) is 19.7 Å². The molecule has 0 bridgehead atoms. The lowest BCUT2D eigenvalue weighted by Crippen LogP contribution is -2.34. The second kappa shape index (κ2) is 6.58. The monoisotopic (exact) mass is 302 g/mol. The second-order valence-electron chi connectivity index (χ2n) is 4.25. The Labute approximate surface area is 118 Å². The maximum Gasteiger partial charge on any atom is 0.306 e. The van der Waals surface area contributed by atoms with Crippen molar-refractivity contribution in [3.63, 3.8) is 0 Å². The molecule has 2 N–H and O–H groups in total. The van der Waals surface area contributed by atoms with Crippen molar-refractivity contribution in [1.29, 1.82) is 0 Å². The minimum atomic E-state index is -3.76. The van der Waals surface area contributed by atoms with Gasteiger partial charge in [0.25, 0.3) is 0 Å². The van der Waals surface area contributed by atoms with E-state index in [1.54, 1.807) is 6.92 Å². The molecule has 0 saturated heterocycles. The number of phenols is 1. The lowest BCUT2D eigenvalue weighted by atomic mass is 10.2. The molecule has 0 fully saturated rings. The Balaban J connectivity index is 2.76. The van der Waals surface area contributed by atoms with Gasteiger partial charge < -0.3 is 9.84 Å². The maximum absolute atomic E-state index is 12.0. The number of hydrogen-bond donors (Lipinski definition) is 2. The summed E-state index contributed by atoms with van der Waals surface area (Å²) in [5.74, 6) is -0.419. The van der Waals surface area contributed by atoms with Gasteiger partial charge in [-0.25, -0.2) is 0 Å². The Morgan fingerprint density at radius 2 is 2.10 bits per heavy atom. The largest absolute Gasteiger partial charge is 0.508 e. The van der Waals surface area contributed by atoms with Crippen LogP contribution in [0.5, 0.6) is 5.75 Å². The van der Waals surface area contributed by atoms with Crippen LogP contribution in [0.15, 0.2) is 18.2 Å². The zero-order valence-corrected chi connectivity index (χ0v) is 12.4. The summed E-state index contributed by atoms with van der Waals surface area (Å²) in [7, 11) is -1.15. The highest BCUT2D eigenvalue weighted by Crippen LogP contribution is 2.21. The van der Waals surface area contributed by atoms with Crippen molar-refractivity contribution in [3.05, 3.63) is 23.8 Å². The van der Waals surface area contributed by atoms with E-state index in [-0.39, 0.29) is 18.7 Å². The predicted molar refractivity (Wildman–Crippen MR) is 74.6 cm³/mol. The quantitative estimate of drug-likeness (QED) is 0.600. The van der Waals surface area contributed by atoms with E-state index in [2.05, 4.69) is 9.46 Å². The molecule has 1 aromatic rings. The molecule has 0 radical (unpaired) electrons. The van der Waals surface area contributed by atoms with Crippen LogP contribution in [0.2, 0.25) is 0 Å². The second-order valence-corrected chi connectivity index (χ2v) is 6.03. The van der Waals surface area contributed by atoms with Crippen LogP contribution >= 0.6 is 0 Å². The Morgan fingerprint density at radius 1 is 1.45 bits per heavy atom. The molecule has 20 heavy (non-hydrogen) atoms. The fraction of sp³-hybridized carbons (Fsp3) is 0.417. The number of hydrogen-bond acceptors (Lipinski definition) is 5. The Bertz CT molecular complexity index is 586. The van der Waals surface area contributed by atoms with E-state index in [1.807, 2.05) is 0 Å². The van der Waals surface area contributed by atoms with Gasteiger partial charge in [-0.15, -0.1) is 0 Å². The zero-order chi connectivity index (χ0) is 15.3. The summed E-state index contributed by atoms with van der Waals surface area (Å²) in [4.78, 5) is 11.0. The highest BCUT2D eigenvalue weighted by atomic mass is 32.2. The van der Waals surface area contributed by atoms with E-state index in [4.69, 9.17) is 0 Å². The number of anilines is 1. The van der Waals surface area contributed by atoms with Crippen molar-refractivity contribution in [2.24, 2.45) is 0 Å². The fourth-order valence-corrected chi connectivity index (χ4v) is 2.44. The van der Waals surface area contributed by atoms with Gasteiger partial charge in [0.1, 0.15) is 5.75 Å². The first-order valence-electron chi connectivity index (χ1n) is 5.87. The highest BCUT2D eigenvalue weighted by Gasteiger charge is 2.19. The number of nitrogens with one attached hydrogen (secondary N) is 1. The lowest BCUT2D eigenvalue weighted by Gasteiger charge is -2.18. The summed E-state index contributed by atoms with van der Waals surface area (Å²) in [5.41, 5.74) is 0.961. The number of phenolic OH excluding ortho intramolecular Hbond substituents is 1. The number of methoxy groups -OCH3 is 1. The normalized spacial score (nSPS) is 11.4. The lowest BCUT2D eigenvalue weighted by molar-refractivity contribution is -0.140. The predicted octanol–water partition coefficient (Wildman–Crippen LogP) is 0.852. The van der Waals surface area contributed by atoms with Crippen LogP contribution < -0.4 is 4.72 Å². The third-order valence-corrected chi connectivity index (χ3v) is 4.20. The molecule has 7 nitrogen and oxygen atoms in total. The van der Waals surface area contributed by atoms with Crippen molar-refractivity contribution in [3.8, 4) is 5.75 Å². The van der Waals surface area contributed by atoms with Gasteiger partial charge in [0, 0.05) is 13.6 Å². The van der Waals surface area contributed by atoms with Gasteiger partial charge in [-0.1, -0.05) is 0 Å². The number of nitrogens with zero attached hydrogens (tertiary/aromatic N) is 1. The van der Waals surface area contributed by atoms with Crippen LogP contribution in [0.4, 0.5) is 5.69 Å². The number of aromatic hydroxyl groups is 1.